The van der Waals surface area contributed by atoms with Crippen molar-refractivity contribution in [2.75, 3.05) is 0 Å². The summed E-state index contributed by atoms with van der Waals surface area (Å²) in [6.07, 6.45) is 5.93. The van der Waals surface area contributed by atoms with Gasteiger partial charge in [0, 0.05) is 4.75 Å². The molecular weight excluding hydrogens is 200 g/mol. The highest BCUT2D eigenvalue weighted by Gasteiger charge is 2.31. The molecule has 0 aromatic heterocycles. The van der Waals surface area contributed by atoms with E-state index in [-0.39, 0.29) is 10.2 Å². The average molecular weight is 228 g/mol. The van der Waals surface area contributed by atoms with E-state index in [1.54, 1.807) is 0 Å². The summed E-state index contributed by atoms with van der Waals surface area (Å²) < 4.78 is 0.0978. The molecule has 1 atom stereocenters. The largest absolute Gasteiger partial charge is 0.173 e. The van der Waals surface area contributed by atoms with E-state index in [0.717, 1.165) is 12.8 Å². The lowest BCUT2D eigenvalue weighted by atomic mass is 9.71. The van der Waals surface area contributed by atoms with Gasteiger partial charge in [0.2, 0.25) is 0 Å². The third-order valence-electron chi connectivity index (χ3n) is 3.03. The normalized spacial score (nSPS) is 16.1. The Labute approximate surface area is 102 Å². The highest BCUT2D eigenvalue weighted by atomic mass is 32.1. The standard InChI is InChI=1S/C14H28S/c1-7-9-12(3)14(6,10-8-2)11-13(4,5)15/h15H,3,7-11H2,1-2,4-6H3. The lowest BCUT2D eigenvalue weighted by Gasteiger charge is -2.37. The summed E-state index contributed by atoms with van der Waals surface area (Å²) >= 11 is 4.66. The van der Waals surface area contributed by atoms with Crippen LogP contribution in [0.15, 0.2) is 12.2 Å². The molecular formula is C14H28S. The lowest BCUT2D eigenvalue weighted by Crippen LogP contribution is -2.28. The molecule has 0 amide bonds. The summed E-state index contributed by atoms with van der Waals surface area (Å²) in [5.74, 6) is 0. The van der Waals surface area contributed by atoms with E-state index in [1.165, 1.54) is 24.8 Å². The predicted octanol–water partition coefficient (Wildman–Crippen LogP) is 5.25. The molecule has 0 saturated carbocycles. The van der Waals surface area contributed by atoms with Gasteiger partial charge >= 0.3 is 0 Å². The van der Waals surface area contributed by atoms with Crippen LogP contribution in [0.1, 0.15) is 66.7 Å². The highest BCUT2D eigenvalue weighted by Crippen LogP contribution is 2.42. The minimum absolute atomic E-state index is 0.0978. The van der Waals surface area contributed by atoms with E-state index in [4.69, 9.17) is 0 Å². The first kappa shape index (κ1) is 15.1. The number of thiol groups is 1. The average Bonchev–Trinajstić information content (AvgIpc) is 2.01. The molecule has 90 valence electrons. The second-order valence-electron chi connectivity index (χ2n) is 5.65. The number of hydrogen-bond acceptors (Lipinski definition) is 1. The van der Waals surface area contributed by atoms with Crippen molar-refractivity contribution < 1.29 is 0 Å². The zero-order chi connectivity index (χ0) is 12.1. The van der Waals surface area contributed by atoms with Crippen molar-refractivity contribution >= 4 is 12.6 Å². The molecule has 15 heavy (non-hydrogen) atoms. The fourth-order valence-electron chi connectivity index (χ4n) is 2.50. The summed E-state index contributed by atoms with van der Waals surface area (Å²) in [4.78, 5) is 0. The Hall–Kier alpha value is 0.0900. The number of allylic oxidation sites excluding steroid dienone is 1. The van der Waals surface area contributed by atoms with Crippen LogP contribution >= 0.6 is 12.6 Å². The zero-order valence-electron chi connectivity index (χ0n) is 11.2. The first-order valence-corrected chi connectivity index (χ1v) is 6.60. The fraction of sp³-hybridized carbons (Fsp3) is 0.857. The fourth-order valence-corrected chi connectivity index (χ4v) is 2.85. The van der Waals surface area contributed by atoms with E-state index < -0.39 is 0 Å². The van der Waals surface area contributed by atoms with Crippen molar-refractivity contribution in [3.63, 3.8) is 0 Å². The number of hydrogen-bond donors (Lipinski definition) is 1. The molecule has 0 aromatic carbocycles. The Bertz CT molecular complexity index is 200. The van der Waals surface area contributed by atoms with Gasteiger partial charge in [-0.1, -0.05) is 59.6 Å². The van der Waals surface area contributed by atoms with Crippen LogP contribution < -0.4 is 0 Å². The second-order valence-corrected chi connectivity index (χ2v) is 6.86. The summed E-state index contributed by atoms with van der Waals surface area (Å²) in [6, 6.07) is 0. The van der Waals surface area contributed by atoms with E-state index in [0.29, 0.717) is 0 Å². The van der Waals surface area contributed by atoms with Crippen molar-refractivity contribution in [2.45, 2.75) is 71.5 Å². The number of rotatable bonds is 7. The first-order chi connectivity index (χ1) is 6.75. The Kier molecular flexibility index (Phi) is 6.02. The van der Waals surface area contributed by atoms with Gasteiger partial charge in [-0.05, 0) is 24.7 Å². The molecule has 0 heterocycles. The Morgan fingerprint density at radius 3 is 2.00 bits per heavy atom. The van der Waals surface area contributed by atoms with Gasteiger partial charge < -0.3 is 0 Å². The monoisotopic (exact) mass is 228 g/mol. The van der Waals surface area contributed by atoms with Crippen LogP contribution in [0.2, 0.25) is 0 Å². The third-order valence-corrected chi connectivity index (χ3v) is 3.19. The van der Waals surface area contributed by atoms with E-state index in [2.05, 4.69) is 53.8 Å². The molecule has 0 aliphatic carbocycles. The van der Waals surface area contributed by atoms with Crippen molar-refractivity contribution in [3.05, 3.63) is 12.2 Å². The predicted molar refractivity (Wildman–Crippen MR) is 74.7 cm³/mol. The second kappa shape index (κ2) is 5.98. The maximum Gasteiger partial charge on any atom is 0.00814 e. The first-order valence-electron chi connectivity index (χ1n) is 6.16. The van der Waals surface area contributed by atoms with E-state index >= 15 is 0 Å². The van der Waals surface area contributed by atoms with Crippen LogP contribution in [-0.4, -0.2) is 4.75 Å². The van der Waals surface area contributed by atoms with Crippen LogP contribution in [0.25, 0.3) is 0 Å². The van der Waals surface area contributed by atoms with Gasteiger partial charge in [0.15, 0.2) is 0 Å². The third kappa shape index (κ3) is 5.65. The molecule has 0 radical (unpaired) electrons. The Balaban J connectivity index is 4.65. The SMILES string of the molecule is C=C(CCC)C(C)(CCC)CC(C)(C)S. The molecule has 0 aromatic rings. The van der Waals surface area contributed by atoms with Crippen LogP contribution in [-0.2, 0) is 0 Å². The van der Waals surface area contributed by atoms with Crippen molar-refractivity contribution in [3.8, 4) is 0 Å². The van der Waals surface area contributed by atoms with Gasteiger partial charge in [0.05, 0.1) is 0 Å². The molecule has 1 heteroatoms. The molecule has 0 spiro atoms. The van der Waals surface area contributed by atoms with Gasteiger partial charge in [0.25, 0.3) is 0 Å². The van der Waals surface area contributed by atoms with Crippen molar-refractivity contribution in [1.29, 1.82) is 0 Å². The summed E-state index contributed by atoms with van der Waals surface area (Å²) in [6.45, 7) is 15.5. The summed E-state index contributed by atoms with van der Waals surface area (Å²) in [5, 5.41) is 0. The topological polar surface area (TPSA) is 0 Å². The van der Waals surface area contributed by atoms with Gasteiger partial charge in [-0.2, -0.15) is 12.6 Å². The van der Waals surface area contributed by atoms with Crippen molar-refractivity contribution in [1.82, 2.24) is 0 Å². The minimum Gasteiger partial charge on any atom is -0.173 e. The highest BCUT2D eigenvalue weighted by molar-refractivity contribution is 7.81. The van der Waals surface area contributed by atoms with Crippen LogP contribution in [0.5, 0.6) is 0 Å². The van der Waals surface area contributed by atoms with Gasteiger partial charge in [-0.15, -0.1) is 0 Å². The molecule has 0 aliphatic heterocycles. The summed E-state index contributed by atoms with van der Waals surface area (Å²) in [7, 11) is 0. The van der Waals surface area contributed by atoms with Crippen LogP contribution in [0, 0.1) is 5.41 Å². The smallest absolute Gasteiger partial charge is 0.00814 e. The van der Waals surface area contributed by atoms with Gasteiger partial charge in [-0.25, -0.2) is 0 Å². The molecule has 0 bridgehead atoms. The minimum atomic E-state index is 0.0978. The quantitative estimate of drug-likeness (QED) is 0.446. The molecule has 0 nitrogen and oxygen atoms in total. The van der Waals surface area contributed by atoms with Crippen molar-refractivity contribution in [2.24, 2.45) is 5.41 Å². The summed E-state index contributed by atoms with van der Waals surface area (Å²) in [5.41, 5.74) is 1.68. The maximum atomic E-state index is 4.66. The molecule has 1 unspecified atom stereocenters. The van der Waals surface area contributed by atoms with Crippen LogP contribution in [0.4, 0.5) is 0 Å². The van der Waals surface area contributed by atoms with E-state index in [9.17, 15) is 0 Å². The van der Waals surface area contributed by atoms with Crippen LogP contribution in [0.3, 0.4) is 0 Å². The van der Waals surface area contributed by atoms with Gasteiger partial charge in [-0.3, -0.25) is 0 Å². The molecule has 0 rings (SSSR count). The molecule has 0 N–H and O–H groups in total. The molecule has 0 aliphatic rings. The Morgan fingerprint density at radius 1 is 1.13 bits per heavy atom. The molecule has 0 fully saturated rings. The maximum absolute atomic E-state index is 4.66. The van der Waals surface area contributed by atoms with Gasteiger partial charge in [0.1, 0.15) is 0 Å². The Morgan fingerprint density at radius 2 is 1.67 bits per heavy atom. The van der Waals surface area contributed by atoms with E-state index in [1.807, 2.05) is 0 Å². The zero-order valence-corrected chi connectivity index (χ0v) is 12.1. The molecule has 0 saturated heterocycles. The lowest BCUT2D eigenvalue weighted by molar-refractivity contribution is 0.295.